The van der Waals surface area contributed by atoms with Crippen LogP contribution in [-0.2, 0) is 14.4 Å². The molecule has 1 aromatic heterocycles. The molecule has 5 rings (SSSR count). The predicted molar refractivity (Wildman–Crippen MR) is 147 cm³/mol. The molecule has 3 aromatic carbocycles. The predicted octanol–water partition coefficient (Wildman–Crippen LogP) is 5.13. The second-order valence-electron chi connectivity index (χ2n) is 9.81. The van der Waals surface area contributed by atoms with Gasteiger partial charge in [-0.05, 0) is 66.1 Å². The molecule has 2 heterocycles. The highest BCUT2D eigenvalue weighted by molar-refractivity contribution is 6.30. The molecule has 0 bridgehead atoms. The van der Waals surface area contributed by atoms with E-state index in [2.05, 4.69) is 0 Å². The van der Waals surface area contributed by atoms with Crippen molar-refractivity contribution in [1.29, 1.82) is 0 Å². The van der Waals surface area contributed by atoms with Crippen molar-refractivity contribution in [3.05, 3.63) is 95.2 Å². The highest BCUT2D eigenvalue weighted by Gasteiger charge is 2.61. The van der Waals surface area contributed by atoms with Gasteiger partial charge in [0.1, 0.15) is 23.1 Å². The van der Waals surface area contributed by atoms with Crippen LogP contribution in [-0.4, -0.2) is 44.4 Å². The number of amides is 2. The molecule has 40 heavy (non-hydrogen) atoms. The summed E-state index contributed by atoms with van der Waals surface area (Å²) in [7, 11) is 0. The summed E-state index contributed by atoms with van der Waals surface area (Å²) in [6, 6.07) is 20.8. The second-order valence-corrected chi connectivity index (χ2v) is 10.2. The molecule has 1 aliphatic rings. The Bertz CT molecular complexity index is 1630. The average molecular weight is 561 g/mol. The fraction of sp³-hybridized carbons (Fsp3) is 0.200. The van der Waals surface area contributed by atoms with Crippen LogP contribution in [0.5, 0.6) is 0 Å². The molecule has 10 heteroatoms. The molecule has 2 amide bonds. The first-order chi connectivity index (χ1) is 19.1. The van der Waals surface area contributed by atoms with E-state index in [1.165, 1.54) is 0 Å². The molecule has 4 aromatic rings. The minimum atomic E-state index is -2.04. The molecular formula is C30H25ClN2O7. The zero-order valence-corrected chi connectivity index (χ0v) is 21.9. The lowest BCUT2D eigenvalue weighted by molar-refractivity contribution is -0.149. The van der Waals surface area contributed by atoms with E-state index in [1.807, 2.05) is 18.2 Å². The van der Waals surface area contributed by atoms with Gasteiger partial charge in [0, 0.05) is 22.6 Å². The van der Waals surface area contributed by atoms with E-state index >= 15 is 0 Å². The summed E-state index contributed by atoms with van der Waals surface area (Å²) >= 11 is 6.00. The smallest absolute Gasteiger partial charge is 0.329 e. The van der Waals surface area contributed by atoms with E-state index < -0.39 is 47.7 Å². The van der Waals surface area contributed by atoms with E-state index in [9.17, 15) is 29.4 Å². The Morgan fingerprint density at radius 3 is 2.33 bits per heavy atom. The lowest BCUT2D eigenvalue weighted by Gasteiger charge is -2.37. The first-order valence-electron chi connectivity index (χ1n) is 12.5. The van der Waals surface area contributed by atoms with E-state index in [-0.39, 0.29) is 24.2 Å². The monoisotopic (exact) mass is 560 g/mol. The maximum atomic E-state index is 14.4. The van der Waals surface area contributed by atoms with Crippen LogP contribution >= 0.6 is 11.6 Å². The zero-order valence-electron chi connectivity index (χ0n) is 21.1. The van der Waals surface area contributed by atoms with Crippen molar-refractivity contribution in [3.8, 4) is 11.3 Å². The molecule has 204 valence electrons. The number of nitrogens with two attached hydrogens (primary N) is 1. The molecule has 1 saturated heterocycles. The van der Waals surface area contributed by atoms with Gasteiger partial charge in [0.05, 0.1) is 5.92 Å². The lowest BCUT2D eigenvalue weighted by Crippen LogP contribution is -2.54. The minimum Gasteiger partial charge on any atom is -0.481 e. The highest BCUT2D eigenvalue weighted by Crippen LogP contribution is 2.51. The van der Waals surface area contributed by atoms with Crippen LogP contribution in [0.15, 0.2) is 83.3 Å². The summed E-state index contributed by atoms with van der Waals surface area (Å²) in [5.41, 5.74) is 4.19. The van der Waals surface area contributed by atoms with Crippen molar-refractivity contribution in [3.63, 3.8) is 0 Å². The zero-order chi connectivity index (χ0) is 28.6. The number of carboxylic acids is 2. The van der Waals surface area contributed by atoms with E-state index in [0.717, 1.165) is 10.3 Å². The molecule has 3 unspecified atom stereocenters. The maximum Gasteiger partial charge on any atom is 0.329 e. The molecule has 0 saturated carbocycles. The summed E-state index contributed by atoms with van der Waals surface area (Å²) in [6.45, 7) is 0. The fourth-order valence-corrected chi connectivity index (χ4v) is 5.69. The van der Waals surface area contributed by atoms with Gasteiger partial charge in [0.2, 0.25) is 5.91 Å². The topological polar surface area (TPSA) is 151 Å². The number of hydrogen-bond donors (Lipinski definition) is 3. The molecular weight excluding hydrogens is 536 g/mol. The van der Waals surface area contributed by atoms with Crippen LogP contribution in [0.1, 0.15) is 41.4 Å². The Hall–Kier alpha value is -4.63. The maximum absolute atomic E-state index is 14.4. The van der Waals surface area contributed by atoms with Crippen LogP contribution in [0, 0.1) is 5.92 Å². The number of primary amides is 1. The molecule has 0 aliphatic carbocycles. The number of rotatable bonds is 8. The van der Waals surface area contributed by atoms with Crippen molar-refractivity contribution in [2.75, 3.05) is 0 Å². The van der Waals surface area contributed by atoms with Crippen molar-refractivity contribution in [1.82, 2.24) is 4.90 Å². The van der Waals surface area contributed by atoms with Gasteiger partial charge in [-0.1, -0.05) is 48.0 Å². The molecule has 4 N–H and O–H groups in total. The number of likely N-dealkylation sites (tertiary alicyclic amines) is 1. The lowest BCUT2D eigenvalue weighted by atomic mass is 9.86. The SMILES string of the molecule is NC(=O)CCC1(C(=O)O)CC(C(=O)O)C(c2ccc(-c3ccc(Cl)cc3)o2)N1C(=O)c1cccc2ccccc12. The third-order valence-electron chi connectivity index (χ3n) is 7.46. The third kappa shape index (κ3) is 4.69. The van der Waals surface area contributed by atoms with Crippen molar-refractivity contribution in [2.45, 2.75) is 30.8 Å². The number of furan rings is 1. The first kappa shape index (κ1) is 27.0. The number of halogens is 1. The molecule has 1 fully saturated rings. The van der Waals surface area contributed by atoms with Gasteiger partial charge >= 0.3 is 11.9 Å². The highest BCUT2D eigenvalue weighted by atomic mass is 35.5. The summed E-state index contributed by atoms with van der Waals surface area (Å²) in [6.07, 6.45) is -1.17. The molecule has 9 nitrogen and oxygen atoms in total. The molecule has 3 atom stereocenters. The summed E-state index contributed by atoms with van der Waals surface area (Å²) < 4.78 is 6.09. The Kier molecular flexibility index (Phi) is 7.08. The van der Waals surface area contributed by atoms with Gasteiger partial charge in [-0.15, -0.1) is 0 Å². The number of nitrogens with zero attached hydrogens (tertiary/aromatic N) is 1. The van der Waals surface area contributed by atoms with E-state index in [1.54, 1.807) is 60.7 Å². The number of benzene rings is 3. The van der Waals surface area contributed by atoms with E-state index in [4.69, 9.17) is 21.8 Å². The van der Waals surface area contributed by atoms with Gasteiger partial charge in [-0.2, -0.15) is 0 Å². The summed E-state index contributed by atoms with van der Waals surface area (Å²) in [5, 5.41) is 22.6. The largest absolute Gasteiger partial charge is 0.481 e. The van der Waals surface area contributed by atoms with Gasteiger partial charge in [-0.25, -0.2) is 4.79 Å². The first-order valence-corrected chi connectivity index (χ1v) is 12.9. The number of fused-ring (bicyclic) bond motifs is 1. The summed E-state index contributed by atoms with van der Waals surface area (Å²) in [4.78, 5) is 52.8. The van der Waals surface area contributed by atoms with Gasteiger partial charge in [-0.3, -0.25) is 14.4 Å². The number of carbonyl (C=O) groups is 4. The Morgan fingerprint density at radius 1 is 0.950 bits per heavy atom. The number of carbonyl (C=O) groups excluding carboxylic acids is 2. The number of hydrogen-bond acceptors (Lipinski definition) is 5. The van der Waals surface area contributed by atoms with Crippen LogP contribution in [0.3, 0.4) is 0 Å². The van der Waals surface area contributed by atoms with Crippen LogP contribution in [0.25, 0.3) is 22.1 Å². The molecule has 0 spiro atoms. The van der Waals surface area contributed by atoms with Crippen molar-refractivity contribution >= 4 is 46.1 Å². The second kappa shape index (κ2) is 10.5. The fourth-order valence-electron chi connectivity index (χ4n) is 5.56. The van der Waals surface area contributed by atoms with Gasteiger partial charge < -0.3 is 25.3 Å². The van der Waals surface area contributed by atoms with Crippen LogP contribution in [0.2, 0.25) is 5.02 Å². The standard InChI is InChI=1S/C30H25ClN2O7/c31-19-10-8-18(9-11-19)23-12-13-24(40-23)26-22(28(36)37)16-30(29(38)39,15-14-25(32)34)33(26)27(35)21-7-3-5-17-4-1-2-6-20(17)21/h1-13,22,26H,14-16H2,(H2,32,34)(H,36,37)(H,38,39). The number of aliphatic carboxylic acids is 2. The Morgan fingerprint density at radius 2 is 1.65 bits per heavy atom. The molecule has 0 radical (unpaired) electrons. The Labute approximate surface area is 233 Å². The minimum absolute atomic E-state index is 0.105. The van der Waals surface area contributed by atoms with Crippen LogP contribution < -0.4 is 5.73 Å². The Balaban J connectivity index is 1.70. The average Bonchev–Trinajstić information content (AvgIpc) is 3.55. The van der Waals surface area contributed by atoms with Crippen LogP contribution in [0.4, 0.5) is 0 Å². The molecule has 1 aliphatic heterocycles. The van der Waals surface area contributed by atoms with Crippen molar-refractivity contribution in [2.24, 2.45) is 11.7 Å². The van der Waals surface area contributed by atoms with Gasteiger partial charge in [0.25, 0.3) is 5.91 Å². The van der Waals surface area contributed by atoms with E-state index in [0.29, 0.717) is 21.7 Å². The third-order valence-corrected chi connectivity index (χ3v) is 7.72. The normalized spacial score (nSPS) is 20.5. The quantitative estimate of drug-likeness (QED) is 0.270. The van der Waals surface area contributed by atoms with Gasteiger partial charge in [0.15, 0.2) is 0 Å². The van der Waals surface area contributed by atoms with Crippen molar-refractivity contribution < 1.29 is 33.8 Å². The summed E-state index contributed by atoms with van der Waals surface area (Å²) in [5.74, 6) is -5.04. The number of carboxylic acid groups (broad SMARTS) is 2.